The highest BCUT2D eigenvalue weighted by Gasteiger charge is 2.23. The van der Waals surface area contributed by atoms with E-state index in [0.717, 1.165) is 13.0 Å². The number of urea groups is 1. The number of benzene rings is 1. The van der Waals surface area contributed by atoms with Gasteiger partial charge in [-0.25, -0.2) is 4.79 Å². The summed E-state index contributed by atoms with van der Waals surface area (Å²) in [5, 5.41) is 18.9. The molecule has 1 aromatic heterocycles. The molecule has 0 saturated heterocycles. The van der Waals surface area contributed by atoms with Crippen LogP contribution in [0.25, 0.3) is 0 Å². The van der Waals surface area contributed by atoms with Gasteiger partial charge in [0.1, 0.15) is 0 Å². The van der Waals surface area contributed by atoms with Crippen molar-refractivity contribution in [3.8, 4) is 0 Å². The molecule has 0 bridgehead atoms. The quantitative estimate of drug-likeness (QED) is 0.741. The number of hydrogen-bond acceptors (Lipinski definition) is 5. The Balaban J connectivity index is 1.48. The maximum absolute atomic E-state index is 11.8. The van der Waals surface area contributed by atoms with Gasteiger partial charge in [-0.2, -0.15) is 5.21 Å². The first-order chi connectivity index (χ1) is 10.7. The van der Waals surface area contributed by atoms with Crippen molar-refractivity contribution < 1.29 is 4.79 Å². The molecule has 0 unspecified atom stereocenters. The molecule has 0 saturated carbocycles. The summed E-state index contributed by atoms with van der Waals surface area (Å²) in [4.78, 5) is 14.1. The van der Waals surface area contributed by atoms with Gasteiger partial charge in [0.15, 0.2) is 5.82 Å². The first kappa shape index (κ1) is 14.5. The van der Waals surface area contributed by atoms with Crippen LogP contribution >= 0.6 is 0 Å². The Hall–Kier alpha value is -2.48. The third-order valence-corrected chi connectivity index (χ3v) is 3.91. The summed E-state index contributed by atoms with van der Waals surface area (Å²) in [5.74, 6) is 0.457. The number of aromatic amines is 1. The minimum atomic E-state index is -0.225. The molecule has 0 radical (unpaired) electrons. The number of tetrazole rings is 1. The zero-order valence-corrected chi connectivity index (χ0v) is 12.4. The number of amides is 2. The van der Waals surface area contributed by atoms with Crippen molar-refractivity contribution in [1.29, 1.82) is 0 Å². The summed E-state index contributed by atoms with van der Waals surface area (Å²) in [6.45, 7) is 1.77. The molecule has 8 nitrogen and oxygen atoms in total. The summed E-state index contributed by atoms with van der Waals surface area (Å²) in [6, 6.07) is 8.52. The molecule has 1 aliphatic heterocycles. The van der Waals surface area contributed by atoms with E-state index in [1.54, 1.807) is 0 Å². The number of aromatic nitrogens is 4. The normalized spacial score (nSPS) is 17.8. The maximum atomic E-state index is 11.8. The van der Waals surface area contributed by atoms with Crippen LogP contribution in [-0.4, -0.2) is 51.2 Å². The third kappa shape index (κ3) is 3.40. The first-order valence-electron chi connectivity index (χ1n) is 7.23. The fourth-order valence-corrected chi connectivity index (χ4v) is 2.64. The molecule has 2 heterocycles. The van der Waals surface area contributed by atoms with Crippen molar-refractivity contribution in [3.63, 3.8) is 0 Å². The second kappa shape index (κ2) is 6.52. The molecule has 3 N–H and O–H groups in total. The molecule has 2 amide bonds. The second-order valence-corrected chi connectivity index (χ2v) is 5.43. The Kier molecular flexibility index (Phi) is 4.29. The van der Waals surface area contributed by atoms with E-state index < -0.39 is 0 Å². The topological polar surface area (TPSA) is 98.8 Å². The average Bonchev–Trinajstić information content (AvgIpc) is 3.04. The van der Waals surface area contributed by atoms with E-state index in [-0.39, 0.29) is 12.6 Å². The minimum Gasteiger partial charge on any atom is -0.337 e. The maximum Gasteiger partial charge on any atom is 0.315 e. The Bertz CT molecular complexity index is 628. The van der Waals surface area contributed by atoms with Gasteiger partial charge < -0.3 is 10.6 Å². The summed E-state index contributed by atoms with van der Waals surface area (Å²) >= 11 is 0. The van der Waals surface area contributed by atoms with E-state index in [4.69, 9.17) is 0 Å². The first-order valence-corrected chi connectivity index (χ1v) is 7.23. The Morgan fingerprint density at radius 2 is 2.18 bits per heavy atom. The van der Waals surface area contributed by atoms with Crippen molar-refractivity contribution in [2.45, 2.75) is 25.6 Å². The standard InChI is InChI=1S/C14H19N7O/c1-21-9-11-5-3-2-4-10(11)6-12(21)7-15-14(22)16-8-13-17-19-20-18-13/h2-5,12H,6-9H2,1H3,(H2,15,16,22)(H,17,18,19,20)/t12-/m0/s1. The molecule has 0 spiro atoms. The molecule has 2 aromatic rings. The number of likely N-dealkylation sites (N-methyl/N-ethyl adjacent to an activating group) is 1. The van der Waals surface area contributed by atoms with Gasteiger partial charge in [-0.3, -0.25) is 4.90 Å². The summed E-state index contributed by atoms with van der Waals surface area (Å²) in [7, 11) is 2.08. The zero-order valence-electron chi connectivity index (χ0n) is 12.4. The Labute approximate surface area is 128 Å². The van der Waals surface area contributed by atoms with Crippen LogP contribution in [0.15, 0.2) is 24.3 Å². The van der Waals surface area contributed by atoms with Crippen LogP contribution < -0.4 is 10.6 Å². The van der Waals surface area contributed by atoms with Crippen molar-refractivity contribution in [2.75, 3.05) is 13.6 Å². The number of hydrogen-bond donors (Lipinski definition) is 3. The lowest BCUT2D eigenvalue weighted by Crippen LogP contribution is -2.47. The van der Waals surface area contributed by atoms with Crippen LogP contribution in [-0.2, 0) is 19.5 Å². The lowest BCUT2D eigenvalue weighted by atomic mass is 9.94. The molecule has 0 fully saturated rings. The van der Waals surface area contributed by atoms with E-state index in [1.807, 2.05) is 0 Å². The summed E-state index contributed by atoms with van der Waals surface area (Å²) in [6.07, 6.45) is 0.942. The summed E-state index contributed by atoms with van der Waals surface area (Å²) < 4.78 is 0. The lowest BCUT2D eigenvalue weighted by Gasteiger charge is -2.34. The smallest absolute Gasteiger partial charge is 0.315 e. The van der Waals surface area contributed by atoms with Crippen LogP contribution in [0, 0.1) is 0 Å². The number of nitrogens with zero attached hydrogens (tertiary/aromatic N) is 4. The lowest BCUT2D eigenvalue weighted by molar-refractivity contribution is 0.203. The average molecular weight is 301 g/mol. The number of carbonyl (C=O) groups excluding carboxylic acids is 1. The SMILES string of the molecule is CN1Cc2ccccc2C[C@H]1CNC(=O)NCc1nn[nH]n1. The number of H-pyrrole nitrogens is 1. The van der Waals surface area contributed by atoms with Gasteiger partial charge in [-0.15, -0.1) is 10.2 Å². The van der Waals surface area contributed by atoms with Crippen LogP contribution in [0.4, 0.5) is 4.79 Å². The van der Waals surface area contributed by atoms with Gasteiger partial charge >= 0.3 is 6.03 Å². The largest absolute Gasteiger partial charge is 0.337 e. The van der Waals surface area contributed by atoms with Gasteiger partial charge in [-0.05, 0) is 24.6 Å². The molecule has 1 aliphatic rings. The highest BCUT2D eigenvalue weighted by Crippen LogP contribution is 2.21. The van der Waals surface area contributed by atoms with E-state index in [9.17, 15) is 4.79 Å². The molecule has 1 aromatic carbocycles. The molecular formula is C14H19N7O. The van der Waals surface area contributed by atoms with Crippen LogP contribution in [0.3, 0.4) is 0 Å². The van der Waals surface area contributed by atoms with Crippen LogP contribution in [0.1, 0.15) is 17.0 Å². The van der Waals surface area contributed by atoms with Gasteiger partial charge in [0.05, 0.1) is 6.54 Å². The van der Waals surface area contributed by atoms with Gasteiger partial charge in [-0.1, -0.05) is 29.5 Å². The van der Waals surface area contributed by atoms with Crippen molar-refractivity contribution in [1.82, 2.24) is 36.2 Å². The van der Waals surface area contributed by atoms with Gasteiger partial charge in [0, 0.05) is 19.1 Å². The molecule has 22 heavy (non-hydrogen) atoms. The summed E-state index contributed by atoms with van der Waals surface area (Å²) in [5.41, 5.74) is 2.72. The third-order valence-electron chi connectivity index (χ3n) is 3.91. The minimum absolute atomic E-state index is 0.225. The Morgan fingerprint density at radius 3 is 2.95 bits per heavy atom. The van der Waals surface area contributed by atoms with Gasteiger partial charge in [0.2, 0.25) is 0 Å². The number of carbonyl (C=O) groups is 1. The fraction of sp³-hybridized carbons (Fsp3) is 0.429. The molecule has 0 aliphatic carbocycles. The van der Waals surface area contributed by atoms with Crippen molar-refractivity contribution in [2.24, 2.45) is 0 Å². The van der Waals surface area contributed by atoms with E-state index in [1.165, 1.54) is 11.1 Å². The number of rotatable bonds is 4. The molecule has 8 heteroatoms. The molecule has 1 atom stereocenters. The van der Waals surface area contributed by atoms with E-state index >= 15 is 0 Å². The number of nitrogens with one attached hydrogen (secondary N) is 3. The van der Waals surface area contributed by atoms with Crippen molar-refractivity contribution in [3.05, 3.63) is 41.2 Å². The van der Waals surface area contributed by atoms with E-state index in [0.29, 0.717) is 18.4 Å². The predicted octanol–water partition coefficient (Wildman–Crippen LogP) is 0.0556. The molecule has 3 rings (SSSR count). The highest BCUT2D eigenvalue weighted by molar-refractivity contribution is 5.73. The number of fused-ring (bicyclic) bond motifs is 1. The van der Waals surface area contributed by atoms with E-state index in [2.05, 4.69) is 67.5 Å². The molecule has 116 valence electrons. The highest BCUT2D eigenvalue weighted by atomic mass is 16.2. The zero-order chi connectivity index (χ0) is 15.4. The van der Waals surface area contributed by atoms with Crippen LogP contribution in [0.5, 0.6) is 0 Å². The van der Waals surface area contributed by atoms with Crippen LogP contribution in [0.2, 0.25) is 0 Å². The monoisotopic (exact) mass is 301 g/mol. The Morgan fingerprint density at radius 1 is 1.36 bits per heavy atom. The predicted molar refractivity (Wildman–Crippen MR) is 79.8 cm³/mol. The van der Waals surface area contributed by atoms with Crippen molar-refractivity contribution >= 4 is 6.03 Å². The van der Waals surface area contributed by atoms with Gasteiger partial charge in [0.25, 0.3) is 0 Å². The second-order valence-electron chi connectivity index (χ2n) is 5.43. The fourth-order valence-electron chi connectivity index (χ4n) is 2.64. The molecular weight excluding hydrogens is 282 g/mol.